The SMILES string of the molecule is CC(C)[C@H]1C(O)[C@@H](C(N)=O)C(=O)[C@]2(O)C(O)[C@H]3C(=O)c4c(O)cccc4C(O)(CO)[C@]3(C)[C@@H](O)[C@]12C. The lowest BCUT2D eigenvalue weighted by Gasteiger charge is -2.70. The minimum Gasteiger partial charge on any atom is -0.507 e. The van der Waals surface area contributed by atoms with Crippen LogP contribution >= 0.6 is 0 Å². The molecule has 11 heteroatoms. The number of Topliss-reactive ketones (excluding diaryl/α,β-unsaturated/α-hetero) is 2. The Morgan fingerprint density at radius 2 is 1.67 bits per heavy atom. The van der Waals surface area contributed by atoms with Crippen molar-refractivity contribution in [2.24, 2.45) is 40.2 Å². The molecule has 198 valence electrons. The van der Waals surface area contributed by atoms with Crippen molar-refractivity contribution in [1.29, 1.82) is 0 Å². The van der Waals surface area contributed by atoms with E-state index < -0.39 is 99.4 Å². The number of aliphatic hydroxyl groups is 6. The average molecular weight is 508 g/mol. The molecular weight excluding hydrogens is 474 g/mol. The number of amides is 1. The molecule has 9 N–H and O–H groups in total. The molecule has 0 aliphatic heterocycles. The Morgan fingerprint density at radius 3 is 2.17 bits per heavy atom. The Bertz CT molecular complexity index is 1150. The number of hydrogen-bond donors (Lipinski definition) is 8. The Hall–Kier alpha value is -2.41. The molecule has 0 bridgehead atoms. The summed E-state index contributed by atoms with van der Waals surface area (Å²) in [6, 6.07) is 3.77. The first-order chi connectivity index (χ1) is 16.5. The molecule has 1 aromatic rings. The van der Waals surface area contributed by atoms with Crippen LogP contribution in [-0.2, 0) is 15.2 Å². The fourth-order valence-corrected chi connectivity index (χ4v) is 7.82. The summed E-state index contributed by atoms with van der Waals surface area (Å²) in [7, 11) is 0. The maximum absolute atomic E-state index is 13.8. The molecular formula is C25H33NO10. The smallest absolute Gasteiger partial charge is 0.230 e. The predicted molar refractivity (Wildman–Crippen MR) is 122 cm³/mol. The van der Waals surface area contributed by atoms with Crippen LogP contribution in [0.5, 0.6) is 5.75 Å². The molecule has 0 aromatic heterocycles. The monoisotopic (exact) mass is 507 g/mol. The van der Waals surface area contributed by atoms with Gasteiger partial charge in [0.1, 0.15) is 23.4 Å². The number of aromatic hydroxyl groups is 1. The molecule has 11 nitrogen and oxygen atoms in total. The Kier molecular flexibility index (Phi) is 5.77. The maximum atomic E-state index is 13.8. The van der Waals surface area contributed by atoms with Gasteiger partial charge in [-0.1, -0.05) is 39.8 Å². The van der Waals surface area contributed by atoms with Gasteiger partial charge in [0, 0.05) is 16.4 Å². The lowest BCUT2D eigenvalue weighted by Crippen LogP contribution is -2.85. The molecule has 2 saturated carbocycles. The van der Waals surface area contributed by atoms with Crippen LogP contribution in [0.25, 0.3) is 0 Å². The number of hydrogen-bond acceptors (Lipinski definition) is 10. The van der Waals surface area contributed by atoms with Crippen LogP contribution in [0.4, 0.5) is 0 Å². The van der Waals surface area contributed by atoms with Crippen molar-refractivity contribution in [3.05, 3.63) is 29.3 Å². The topological polar surface area (TPSA) is 219 Å². The number of aliphatic hydroxyl groups excluding tert-OH is 4. The Labute approximate surface area is 207 Å². The van der Waals surface area contributed by atoms with E-state index in [0.717, 1.165) is 6.07 Å². The summed E-state index contributed by atoms with van der Waals surface area (Å²) in [5.74, 6) is -9.88. The zero-order chi connectivity index (χ0) is 27.3. The number of benzene rings is 1. The maximum Gasteiger partial charge on any atom is 0.230 e. The molecule has 0 spiro atoms. The van der Waals surface area contributed by atoms with Gasteiger partial charge in [-0.2, -0.15) is 0 Å². The molecule has 4 rings (SSSR count). The van der Waals surface area contributed by atoms with Gasteiger partial charge in [0.05, 0.1) is 30.3 Å². The van der Waals surface area contributed by atoms with Crippen LogP contribution in [0.15, 0.2) is 18.2 Å². The van der Waals surface area contributed by atoms with E-state index in [-0.39, 0.29) is 5.56 Å². The zero-order valence-corrected chi connectivity index (χ0v) is 20.4. The number of phenols is 1. The van der Waals surface area contributed by atoms with Gasteiger partial charge >= 0.3 is 0 Å². The summed E-state index contributed by atoms with van der Waals surface area (Å²) in [4.78, 5) is 39.6. The third kappa shape index (κ3) is 2.60. The zero-order valence-electron chi connectivity index (χ0n) is 20.4. The fraction of sp³-hybridized carbons (Fsp3) is 0.640. The molecule has 36 heavy (non-hydrogen) atoms. The third-order valence-electron chi connectivity index (χ3n) is 9.57. The average Bonchev–Trinajstić information content (AvgIpc) is 2.79. The molecule has 0 saturated heterocycles. The van der Waals surface area contributed by atoms with Crippen molar-refractivity contribution >= 4 is 17.5 Å². The minimum atomic E-state index is -2.97. The van der Waals surface area contributed by atoms with E-state index in [2.05, 4.69) is 0 Å². The van der Waals surface area contributed by atoms with E-state index in [1.165, 1.54) is 26.0 Å². The Balaban J connectivity index is 2.12. The first kappa shape index (κ1) is 26.6. The van der Waals surface area contributed by atoms with E-state index in [1.54, 1.807) is 13.8 Å². The van der Waals surface area contributed by atoms with Crippen molar-refractivity contribution in [2.45, 2.75) is 57.2 Å². The fourth-order valence-electron chi connectivity index (χ4n) is 7.82. The van der Waals surface area contributed by atoms with Crippen LogP contribution in [-0.4, -0.2) is 83.7 Å². The van der Waals surface area contributed by atoms with Crippen molar-refractivity contribution < 1.29 is 50.1 Å². The number of primary amides is 1. The van der Waals surface area contributed by atoms with E-state index in [1.807, 2.05) is 0 Å². The van der Waals surface area contributed by atoms with Gasteiger partial charge in [-0.05, 0) is 17.9 Å². The molecule has 3 aliphatic rings. The van der Waals surface area contributed by atoms with Crippen LogP contribution in [0.2, 0.25) is 0 Å². The van der Waals surface area contributed by atoms with Crippen LogP contribution in [0.3, 0.4) is 0 Å². The number of fused-ring (bicyclic) bond motifs is 3. The van der Waals surface area contributed by atoms with Crippen LogP contribution < -0.4 is 5.73 Å². The number of phenolic OH excluding ortho intramolecular Hbond substituents is 1. The summed E-state index contributed by atoms with van der Waals surface area (Å²) in [6.07, 6.45) is -6.09. The summed E-state index contributed by atoms with van der Waals surface area (Å²) < 4.78 is 0. The molecule has 3 aliphatic carbocycles. The van der Waals surface area contributed by atoms with E-state index in [4.69, 9.17) is 5.73 Å². The highest BCUT2D eigenvalue weighted by molar-refractivity contribution is 6.09. The molecule has 2 fully saturated rings. The number of carbonyl (C=O) groups excluding carboxylic acids is 3. The largest absolute Gasteiger partial charge is 0.507 e. The van der Waals surface area contributed by atoms with Gasteiger partial charge in [-0.25, -0.2) is 0 Å². The lowest BCUT2D eigenvalue weighted by atomic mass is 9.35. The number of nitrogens with two attached hydrogens (primary N) is 1. The summed E-state index contributed by atoms with van der Waals surface area (Å²) in [5, 5.41) is 79.7. The molecule has 0 heterocycles. The highest BCUT2D eigenvalue weighted by Crippen LogP contribution is 2.69. The van der Waals surface area contributed by atoms with Gasteiger partial charge in [0.15, 0.2) is 17.2 Å². The molecule has 1 aromatic carbocycles. The minimum absolute atomic E-state index is 0.201. The highest BCUT2D eigenvalue weighted by atomic mass is 16.4. The summed E-state index contributed by atoms with van der Waals surface area (Å²) in [6.45, 7) is 4.64. The quantitative estimate of drug-likeness (QED) is 0.214. The van der Waals surface area contributed by atoms with E-state index in [9.17, 15) is 50.1 Å². The van der Waals surface area contributed by atoms with Crippen molar-refractivity contribution in [3.8, 4) is 5.75 Å². The molecule has 1 amide bonds. The second-order valence-electron chi connectivity index (χ2n) is 11.2. The molecule has 10 atom stereocenters. The second kappa shape index (κ2) is 7.80. The molecule has 3 unspecified atom stereocenters. The Morgan fingerprint density at radius 1 is 1.08 bits per heavy atom. The van der Waals surface area contributed by atoms with Crippen molar-refractivity contribution in [1.82, 2.24) is 0 Å². The first-order valence-corrected chi connectivity index (χ1v) is 11.8. The molecule has 0 radical (unpaired) electrons. The first-order valence-electron chi connectivity index (χ1n) is 11.8. The number of ketones is 2. The van der Waals surface area contributed by atoms with Crippen LogP contribution in [0, 0.1) is 34.5 Å². The van der Waals surface area contributed by atoms with Gasteiger partial charge in [0.2, 0.25) is 5.91 Å². The van der Waals surface area contributed by atoms with E-state index >= 15 is 0 Å². The number of rotatable bonds is 3. The second-order valence-corrected chi connectivity index (χ2v) is 11.2. The lowest BCUT2D eigenvalue weighted by molar-refractivity contribution is -0.334. The van der Waals surface area contributed by atoms with Crippen molar-refractivity contribution in [3.63, 3.8) is 0 Å². The predicted octanol–water partition coefficient (Wildman–Crippen LogP) is -1.82. The van der Waals surface area contributed by atoms with E-state index in [0.29, 0.717) is 0 Å². The highest BCUT2D eigenvalue weighted by Gasteiger charge is 2.82. The standard InChI is InChI=1S/C25H33NO10/c1-9(2)14-17(30)13(20(26)33)18(31)25(36)19(32)15-16(29)12-10(6-5-7-11(12)28)24(35,8-27)22(15,3)21(34)23(14,25)4/h5-7,9,13-15,17,19,21,27-28,30,32,34-36H,8H2,1-4H3,(H2,26,33)/t13-,14+,15-,17?,19?,21-,22+,23+,24?,25+/m1/s1. The van der Waals surface area contributed by atoms with Gasteiger partial charge < -0.3 is 41.5 Å². The van der Waals surface area contributed by atoms with Gasteiger partial charge in [-0.3, -0.25) is 14.4 Å². The van der Waals surface area contributed by atoms with Gasteiger partial charge in [0.25, 0.3) is 0 Å². The number of carbonyl (C=O) groups is 3. The van der Waals surface area contributed by atoms with Crippen molar-refractivity contribution in [2.75, 3.05) is 6.61 Å². The summed E-state index contributed by atoms with van der Waals surface area (Å²) in [5.41, 5.74) is -4.92. The van der Waals surface area contributed by atoms with Gasteiger partial charge in [-0.15, -0.1) is 0 Å². The van der Waals surface area contributed by atoms with Crippen LogP contribution in [0.1, 0.15) is 43.6 Å². The third-order valence-corrected chi connectivity index (χ3v) is 9.57. The normalized spacial score (nSPS) is 46.2. The summed E-state index contributed by atoms with van der Waals surface area (Å²) >= 11 is 0.